The summed E-state index contributed by atoms with van der Waals surface area (Å²) in [6, 6.07) is 8.46. The second-order valence-corrected chi connectivity index (χ2v) is 7.98. The van der Waals surface area contributed by atoms with Gasteiger partial charge in [0, 0.05) is 6.54 Å². The van der Waals surface area contributed by atoms with Gasteiger partial charge in [-0.3, -0.25) is 4.79 Å². The van der Waals surface area contributed by atoms with E-state index in [0.717, 1.165) is 6.07 Å². The number of halogens is 2. The lowest BCUT2D eigenvalue weighted by atomic mass is 10.2. The molecule has 0 bridgehead atoms. The van der Waals surface area contributed by atoms with Gasteiger partial charge in [-0.05, 0) is 30.3 Å². The Hall–Kier alpha value is -2.04. The summed E-state index contributed by atoms with van der Waals surface area (Å²) in [6.07, 6.45) is -1.06. The minimum atomic E-state index is -3.99. The van der Waals surface area contributed by atoms with Gasteiger partial charge in [0.25, 0.3) is 5.91 Å². The minimum absolute atomic E-state index is 0.0416. The molecular weight excluding hydrogens is 431 g/mol. The number of carbonyl (C=O) groups excluding carboxylic acids is 1. The fraction of sp³-hybridized carbons (Fsp3) is 0.235. The monoisotopic (exact) mass is 448 g/mol. The Morgan fingerprint density at radius 1 is 1.25 bits per heavy atom. The van der Waals surface area contributed by atoms with Crippen LogP contribution in [0.5, 0.6) is 11.5 Å². The van der Waals surface area contributed by atoms with Gasteiger partial charge in [-0.25, -0.2) is 13.6 Å². The third-order valence-electron chi connectivity index (χ3n) is 3.59. The minimum Gasteiger partial charge on any atom is -0.496 e. The molecule has 0 aromatic heterocycles. The zero-order valence-corrected chi connectivity index (χ0v) is 17.0. The highest BCUT2D eigenvalue weighted by Gasteiger charge is 2.18. The smallest absolute Gasteiger partial charge is 0.255 e. The average molecular weight is 449 g/mol. The highest BCUT2D eigenvalue weighted by Crippen LogP contribution is 2.31. The fourth-order valence-corrected chi connectivity index (χ4v) is 3.07. The van der Waals surface area contributed by atoms with Crippen molar-refractivity contribution in [3.05, 3.63) is 52.0 Å². The first-order valence-electron chi connectivity index (χ1n) is 7.87. The lowest BCUT2D eigenvalue weighted by Crippen LogP contribution is -2.35. The molecule has 0 aliphatic rings. The van der Waals surface area contributed by atoms with Gasteiger partial charge in [-0.15, -0.1) is 0 Å². The number of nitrogens with one attached hydrogen (secondary N) is 1. The normalized spacial score (nSPS) is 12.3. The topological polar surface area (TPSA) is 128 Å². The molecule has 4 N–H and O–H groups in total. The number of methoxy groups -OCH3 is 1. The summed E-state index contributed by atoms with van der Waals surface area (Å²) in [6.45, 7) is -0.325. The first-order chi connectivity index (χ1) is 13.1. The van der Waals surface area contributed by atoms with E-state index >= 15 is 0 Å². The third-order valence-corrected chi connectivity index (χ3v) is 5.30. The van der Waals surface area contributed by atoms with E-state index in [-0.39, 0.29) is 34.4 Å². The van der Waals surface area contributed by atoms with Crippen LogP contribution in [-0.4, -0.2) is 45.8 Å². The van der Waals surface area contributed by atoms with Crippen LogP contribution < -0.4 is 19.9 Å². The van der Waals surface area contributed by atoms with Crippen molar-refractivity contribution >= 4 is 39.1 Å². The van der Waals surface area contributed by atoms with Crippen molar-refractivity contribution in [3.63, 3.8) is 0 Å². The van der Waals surface area contributed by atoms with Gasteiger partial charge in [0.05, 0.1) is 22.6 Å². The molecule has 0 fully saturated rings. The predicted molar refractivity (Wildman–Crippen MR) is 105 cm³/mol. The van der Waals surface area contributed by atoms with E-state index in [0.29, 0.717) is 10.8 Å². The summed E-state index contributed by atoms with van der Waals surface area (Å²) in [4.78, 5) is 12.1. The van der Waals surface area contributed by atoms with E-state index in [1.807, 2.05) is 0 Å². The molecule has 0 aliphatic carbocycles. The van der Waals surface area contributed by atoms with Crippen LogP contribution in [0.15, 0.2) is 41.3 Å². The molecule has 2 aromatic carbocycles. The number of sulfonamides is 1. The van der Waals surface area contributed by atoms with Gasteiger partial charge in [-0.1, -0.05) is 29.3 Å². The molecule has 28 heavy (non-hydrogen) atoms. The number of carbonyl (C=O) groups is 1. The van der Waals surface area contributed by atoms with E-state index in [1.165, 1.54) is 19.2 Å². The summed E-state index contributed by atoms with van der Waals surface area (Å²) >= 11 is 11.9. The SMILES string of the molecule is COc1ccc(S(N)(=O)=O)cc1C(=O)NCC(O)COc1cccc(Cl)c1Cl. The number of amides is 1. The largest absolute Gasteiger partial charge is 0.496 e. The molecule has 0 heterocycles. The molecule has 152 valence electrons. The van der Waals surface area contributed by atoms with Gasteiger partial charge in [0.1, 0.15) is 29.2 Å². The maximum Gasteiger partial charge on any atom is 0.255 e. The number of ether oxygens (including phenoxy) is 2. The van der Waals surface area contributed by atoms with Crippen LogP contribution in [0.4, 0.5) is 0 Å². The standard InChI is InChI=1S/C17H18Cl2N2O6S/c1-26-14-6-5-11(28(20,24)25)7-12(14)17(23)21-8-10(22)9-27-15-4-2-3-13(18)16(15)19/h2-7,10,22H,8-9H2,1H3,(H,21,23)(H2,20,24,25). The van der Waals surface area contributed by atoms with Crippen molar-refractivity contribution in [2.75, 3.05) is 20.3 Å². The summed E-state index contributed by atoms with van der Waals surface area (Å²) in [5, 5.41) is 18.1. The van der Waals surface area contributed by atoms with Crippen molar-refractivity contribution in [1.82, 2.24) is 5.32 Å². The molecule has 11 heteroatoms. The molecule has 2 rings (SSSR count). The number of aliphatic hydroxyl groups is 1. The Morgan fingerprint density at radius 3 is 2.61 bits per heavy atom. The van der Waals surface area contributed by atoms with E-state index in [2.05, 4.69) is 5.32 Å². The van der Waals surface area contributed by atoms with Crippen molar-refractivity contribution in [3.8, 4) is 11.5 Å². The number of primary sulfonamides is 1. The van der Waals surface area contributed by atoms with Crippen LogP contribution in [0.3, 0.4) is 0 Å². The molecule has 0 saturated carbocycles. The second kappa shape index (κ2) is 9.44. The van der Waals surface area contributed by atoms with Crippen LogP contribution >= 0.6 is 23.2 Å². The van der Waals surface area contributed by atoms with E-state index < -0.39 is 22.0 Å². The molecule has 2 aromatic rings. The Balaban J connectivity index is 2.00. The second-order valence-electron chi connectivity index (χ2n) is 5.63. The summed E-state index contributed by atoms with van der Waals surface area (Å²) in [5.41, 5.74) is -0.0416. The Kier molecular flexibility index (Phi) is 7.50. The Labute approximate surface area is 172 Å². The molecule has 1 unspecified atom stereocenters. The maximum absolute atomic E-state index is 12.4. The van der Waals surface area contributed by atoms with Crippen molar-refractivity contribution < 1.29 is 27.8 Å². The molecule has 1 amide bonds. The number of nitrogens with two attached hydrogens (primary N) is 1. The van der Waals surface area contributed by atoms with Crippen LogP contribution in [0.1, 0.15) is 10.4 Å². The van der Waals surface area contributed by atoms with E-state index in [9.17, 15) is 18.3 Å². The summed E-state index contributed by atoms with van der Waals surface area (Å²) < 4.78 is 33.4. The number of rotatable bonds is 8. The number of aliphatic hydroxyl groups excluding tert-OH is 1. The maximum atomic E-state index is 12.4. The lowest BCUT2D eigenvalue weighted by Gasteiger charge is -2.15. The molecule has 1 atom stereocenters. The zero-order valence-electron chi connectivity index (χ0n) is 14.7. The lowest BCUT2D eigenvalue weighted by molar-refractivity contribution is 0.0841. The number of benzene rings is 2. The van der Waals surface area contributed by atoms with Gasteiger partial charge < -0.3 is 19.9 Å². The molecule has 0 saturated heterocycles. The summed E-state index contributed by atoms with van der Waals surface area (Å²) in [5.74, 6) is -0.203. The predicted octanol–water partition coefficient (Wildman–Crippen LogP) is 1.82. The molecule has 8 nitrogen and oxygen atoms in total. The first kappa shape index (κ1) is 22.3. The summed E-state index contributed by atoms with van der Waals surface area (Å²) in [7, 11) is -2.66. The Bertz CT molecular complexity index is 968. The average Bonchev–Trinajstić information content (AvgIpc) is 2.65. The number of hydrogen-bond acceptors (Lipinski definition) is 6. The van der Waals surface area contributed by atoms with Crippen LogP contribution in [-0.2, 0) is 10.0 Å². The van der Waals surface area contributed by atoms with E-state index in [1.54, 1.807) is 18.2 Å². The van der Waals surface area contributed by atoms with Crippen LogP contribution in [0.25, 0.3) is 0 Å². The molecule has 0 radical (unpaired) electrons. The fourth-order valence-electron chi connectivity index (χ4n) is 2.19. The van der Waals surface area contributed by atoms with Gasteiger partial charge in [0.15, 0.2) is 0 Å². The van der Waals surface area contributed by atoms with Crippen molar-refractivity contribution in [1.29, 1.82) is 0 Å². The van der Waals surface area contributed by atoms with Crippen molar-refractivity contribution in [2.24, 2.45) is 5.14 Å². The Morgan fingerprint density at radius 2 is 1.96 bits per heavy atom. The zero-order chi connectivity index (χ0) is 20.9. The molecule has 0 spiro atoms. The molecular formula is C17H18Cl2N2O6S. The first-order valence-corrected chi connectivity index (χ1v) is 10.2. The van der Waals surface area contributed by atoms with Crippen molar-refractivity contribution in [2.45, 2.75) is 11.0 Å². The van der Waals surface area contributed by atoms with Crippen LogP contribution in [0, 0.1) is 0 Å². The highest BCUT2D eigenvalue weighted by atomic mass is 35.5. The van der Waals surface area contributed by atoms with E-state index in [4.69, 9.17) is 37.8 Å². The van der Waals surface area contributed by atoms with Gasteiger partial charge >= 0.3 is 0 Å². The third kappa shape index (κ3) is 5.73. The highest BCUT2D eigenvalue weighted by molar-refractivity contribution is 7.89. The van der Waals surface area contributed by atoms with Gasteiger partial charge in [0.2, 0.25) is 10.0 Å². The van der Waals surface area contributed by atoms with Crippen LogP contribution in [0.2, 0.25) is 10.0 Å². The quantitative estimate of drug-likeness (QED) is 0.564. The molecule has 0 aliphatic heterocycles. The van der Waals surface area contributed by atoms with Gasteiger partial charge in [-0.2, -0.15) is 0 Å². The number of hydrogen-bond donors (Lipinski definition) is 3.